The molecule has 4 N–H and O–H groups in total. The van der Waals surface area contributed by atoms with Crippen LogP contribution in [-0.2, 0) is 4.79 Å². The number of Topliss-reactive ketones (excluding diaryl/α,β-unsaturated/α-hetero) is 1. The number of hydrogen-bond donors (Lipinski definition) is 2. The minimum Gasteiger partial charge on any atom is -0.330 e. The quantitative estimate of drug-likeness (QED) is 0.744. The van der Waals surface area contributed by atoms with E-state index in [9.17, 15) is 4.79 Å². The molecule has 2 rings (SSSR count). The molecule has 1 aliphatic carbocycles. The van der Waals surface area contributed by atoms with Crippen molar-refractivity contribution in [2.24, 2.45) is 41.1 Å². The molecule has 2 aliphatic rings. The molecular formula is C19H32N2OS. The van der Waals surface area contributed by atoms with E-state index in [1.54, 1.807) is 18.7 Å². The summed E-state index contributed by atoms with van der Waals surface area (Å²) in [4.78, 5) is 11.4. The monoisotopic (exact) mass is 336 g/mol. The van der Waals surface area contributed by atoms with Crippen molar-refractivity contribution in [3.8, 4) is 0 Å². The molecule has 0 radical (unpaired) electrons. The molecule has 0 bridgehead atoms. The summed E-state index contributed by atoms with van der Waals surface area (Å²) >= 11 is 1.67. The summed E-state index contributed by atoms with van der Waals surface area (Å²) < 4.78 is 0. The molecular weight excluding hydrogens is 304 g/mol. The van der Waals surface area contributed by atoms with Crippen LogP contribution in [0.4, 0.5) is 0 Å². The van der Waals surface area contributed by atoms with E-state index in [1.165, 1.54) is 6.42 Å². The molecule has 6 atom stereocenters. The Labute approximate surface area is 145 Å². The average molecular weight is 337 g/mol. The van der Waals surface area contributed by atoms with Crippen LogP contribution in [0.1, 0.15) is 47.5 Å². The van der Waals surface area contributed by atoms with E-state index in [2.05, 4.69) is 26.2 Å². The lowest BCUT2D eigenvalue weighted by molar-refractivity contribution is -0.113. The van der Waals surface area contributed by atoms with E-state index in [4.69, 9.17) is 11.5 Å². The third-order valence-electron chi connectivity index (χ3n) is 6.07. The van der Waals surface area contributed by atoms with Crippen LogP contribution in [0.15, 0.2) is 22.6 Å². The van der Waals surface area contributed by atoms with Gasteiger partial charge in [-0.05, 0) is 73.5 Å². The molecule has 0 spiro atoms. The Morgan fingerprint density at radius 1 is 1.48 bits per heavy atom. The molecule has 0 aromatic rings. The van der Waals surface area contributed by atoms with Crippen LogP contribution >= 0.6 is 11.8 Å². The van der Waals surface area contributed by atoms with Crippen molar-refractivity contribution in [1.82, 2.24) is 0 Å². The van der Waals surface area contributed by atoms with Gasteiger partial charge in [-0.15, -0.1) is 11.8 Å². The van der Waals surface area contributed by atoms with Crippen molar-refractivity contribution >= 4 is 17.5 Å². The first-order valence-electron chi connectivity index (χ1n) is 8.82. The number of thioether (sulfide) groups is 1. The summed E-state index contributed by atoms with van der Waals surface area (Å²) in [5.74, 6) is 2.93. The lowest BCUT2D eigenvalue weighted by atomic mass is 9.79. The largest absolute Gasteiger partial charge is 0.330 e. The van der Waals surface area contributed by atoms with E-state index in [1.807, 2.05) is 13.0 Å². The fourth-order valence-electron chi connectivity index (χ4n) is 3.98. The van der Waals surface area contributed by atoms with Crippen LogP contribution in [0.25, 0.3) is 0 Å². The zero-order valence-electron chi connectivity index (χ0n) is 15.1. The van der Waals surface area contributed by atoms with Gasteiger partial charge in [-0.25, -0.2) is 0 Å². The average Bonchev–Trinajstić information content (AvgIpc) is 3.30. The lowest BCUT2D eigenvalue weighted by Gasteiger charge is -2.33. The lowest BCUT2D eigenvalue weighted by Crippen LogP contribution is -2.40. The van der Waals surface area contributed by atoms with Gasteiger partial charge in [0.2, 0.25) is 0 Å². The second kappa shape index (κ2) is 7.12. The van der Waals surface area contributed by atoms with Gasteiger partial charge < -0.3 is 11.5 Å². The van der Waals surface area contributed by atoms with Crippen LogP contribution in [0.5, 0.6) is 0 Å². The Morgan fingerprint density at radius 2 is 2.13 bits per heavy atom. The molecule has 0 aromatic heterocycles. The molecule has 1 aliphatic heterocycles. The Morgan fingerprint density at radius 3 is 2.65 bits per heavy atom. The normalized spacial score (nSPS) is 34.2. The first-order valence-corrected chi connectivity index (χ1v) is 9.70. The Kier molecular flexibility index (Phi) is 5.81. The first-order chi connectivity index (χ1) is 10.7. The second-order valence-corrected chi connectivity index (χ2v) is 8.72. The van der Waals surface area contributed by atoms with Gasteiger partial charge in [0.15, 0.2) is 5.78 Å². The fraction of sp³-hybridized carbons (Fsp3) is 0.737. The molecule has 6 unspecified atom stereocenters. The molecule has 0 saturated heterocycles. The summed E-state index contributed by atoms with van der Waals surface area (Å²) in [5, 5.41) is 2.06. The van der Waals surface area contributed by atoms with E-state index in [0.29, 0.717) is 29.6 Å². The highest BCUT2D eigenvalue weighted by Crippen LogP contribution is 2.57. The molecule has 3 nitrogen and oxygen atoms in total. The number of nitrogens with two attached hydrogens (primary N) is 2. The first kappa shape index (κ1) is 18.8. The van der Waals surface area contributed by atoms with Crippen LogP contribution in [0, 0.1) is 29.6 Å². The summed E-state index contributed by atoms with van der Waals surface area (Å²) in [6.45, 7) is 11.2. The predicted octanol–water partition coefficient (Wildman–Crippen LogP) is 3.70. The van der Waals surface area contributed by atoms with E-state index in [0.717, 1.165) is 24.1 Å². The van der Waals surface area contributed by atoms with Crippen LogP contribution in [0.2, 0.25) is 0 Å². The van der Waals surface area contributed by atoms with E-state index < -0.39 is 4.87 Å². The number of rotatable bonds is 7. The van der Waals surface area contributed by atoms with Crippen molar-refractivity contribution < 1.29 is 4.79 Å². The van der Waals surface area contributed by atoms with Crippen LogP contribution < -0.4 is 11.5 Å². The SMILES string of the molecule is CCC(C)C(C)C(CN)C1CC1C1(N)C=C(C(C)=O)C(C)=CS1. The van der Waals surface area contributed by atoms with Gasteiger partial charge in [-0.2, -0.15) is 0 Å². The molecule has 1 heterocycles. The predicted molar refractivity (Wildman–Crippen MR) is 99.8 cm³/mol. The molecule has 0 aromatic carbocycles. The smallest absolute Gasteiger partial charge is 0.159 e. The summed E-state index contributed by atoms with van der Waals surface area (Å²) in [5.41, 5.74) is 14.6. The van der Waals surface area contributed by atoms with Gasteiger partial charge in [0, 0.05) is 5.57 Å². The molecule has 23 heavy (non-hydrogen) atoms. The maximum atomic E-state index is 11.9. The second-order valence-electron chi connectivity index (χ2n) is 7.54. The third kappa shape index (κ3) is 3.75. The number of carbonyl (C=O) groups excluding carboxylic acids is 1. The van der Waals surface area contributed by atoms with Crippen molar-refractivity contribution in [3.05, 3.63) is 22.6 Å². The minimum absolute atomic E-state index is 0.106. The van der Waals surface area contributed by atoms with Crippen molar-refractivity contribution in [1.29, 1.82) is 0 Å². The maximum absolute atomic E-state index is 11.9. The van der Waals surface area contributed by atoms with Gasteiger partial charge in [-0.3, -0.25) is 4.79 Å². The highest BCUT2D eigenvalue weighted by molar-refractivity contribution is 8.03. The number of hydrogen-bond acceptors (Lipinski definition) is 4. The van der Waals surface area contributed by atoms with Gasteiger partial charge in [0.05, 0.1) is 4.87 Å². The Hall–Kier alpha value is -0.580. The molecule has 130 valence electrons. The van der Waals surface area contributed by atoms with Crippen LogP contribution in [-0.4, -0.2) is 17.2 Å². The molecule has 4 heteroatoms. The van der Waals surface area contributed by atoms with Crippen molar-refractivity contribution in [3.63, 3.8) is 0 Å². The zero-order chi connectivity index (χ0) is 17.4. The van der Waals surface area contributed by atoms with Gasteiger partial charge in [0.1, 0.15) is 0 Å². The standard InChI is InChI=1S/C19H32N2OS/c1-6-11(2)13(4)17(9-20)15-7-18(15)19(21)8-16(14(5)22)12(3)10-23-19/h8,10-11,13,15,17-18H,6-7,9,20-21H2,1-5H3. The van der Waals surface area contributed by atoms with Crippen LogP contribution in [0.3, 0.4) is 0 Å². The minimum atomic E-state index is -0.451. The highest BCUT2D eigenvalue weighted by Gasteiger charge is 2.54. The molecule has 0 amide bonds. The Bertz CT molecular complexity index is 527. The number of carbonyl (C=O) groups is 1. The fourth-order valence-corrected chi connectivity index (χ4v) is 5.12. The van der Waals surface area contributed by atoms with E-state index in [-0.39, 0.29) is 5.78 Å². The number of ketones is 1. The summed E-state index contributed by atoms with van der Waals surface area (Å²) in [6.07, 6.45) is 4.33. The topological polar surface area (TPSA) is 69.1 Å². The summed E-state index contributed by atoms with van der Waals surface area (Å²) in [6, 6.07) is 0. The summed E-state index contributed by atoms with van der Waals surface area (Å²) in [7, 11) is 0. The van der Waals surface area contributed by atoms with Gasteiger partial charge in [0.25, 0.3) is 0 Å². The number of allylic oxidation sites excluding steroid dienone is 2. The molecule has 1 fully saturated rings. The maximum Gasteiger partial charge on any atom is 0.159 e. The van der Waals surface area contributed by atoms with Crippen molar-refractivity contribution in [2.45, 2.75) is 52.3 Å². The van der Waals surface area contributed by atoms with E-state index >= 15 is 0 Å². The van der Waals surface area contributed by atoms with Crippen molar-refractivity contribution in [2.75, 3.05) is 6.54 Å². The third-order valence-corrected chi connectivity index (χ3v) is 7.37. The van der Waals surface area contributed by atoms with Gasteiger partial charge >= 0.3 is 0 Å². The Balaban J connectivity index is 2.14. The zero-order valence-corrected chi connectivity index (χ0v) is 16.0. The molecule has 1 saturated carbocycles. The van der Waals surface area contributed by atoms with Gasteiger partial charge in [-0.1, -0.05) is 27.2 Å². The highest BCUT2D eigenvalue weighted by atomic mass is 32.2.